The molecule has 0 aliphatic carbocycles. The maximum absolute atomic E-state index is 12.0. The highest BCUT2D eigenvalue weighted by Crippen LogP contribution is 2.28. The summed E-state index contributed by atoms with van der Waals surface area (Å²) < 4.78 is 5.30. The number of hydrogen-bond donors (Lipinski definition) is 2. The van der Waals surface area contributed by atoms with Crippen LogP contribution in [0.5, 0.6) is 0 Å². The molecule has 0 atom stereocenters. The van der Waals surface area contributed by atoms with Gasteiger partial charge in [-0.1, -0.05) is 36.4 Å². The molecule has 0 radical (unpaired) electrons. The van der Waals surface area contributed by atoms with Crippen molar-refractivity contribution in [2.24, 2.45) is 5.73 Å². The number of anilines is 1. The summed E-state index contributed by atoms with van der Waals surface area (Å²) in [6.45, 7) is 5.86. The van der Waals surface area contributed by atoms with Crippen LogP contribution in [0.15, 0.2) is 36.4 Å². The van der Waals surface area contributed by atoms with Gasteiger partial charge in [0.2, 0.25) is 0 Å². The second-order valence-electron chi connectivity index (χ2n) is 5.65. The molecule has 1 amide bonds. The predicted molar refractivity (Wildman–Crippen MR) is 81.7 cm³/mol. The Kier molecular flexibility index (Phi) is 3.95. The number of carbonyl (C=O) groups excluding carboxylic acids is 1. The molecule has 4 heteroatoms. The van der Waals surface area contributed by atoms with Gasteiger partial charge in [-0.05, 0) is 31.7 Å². The largest absolute Gasteiger partial charge is 0.444 e. The van der Waals surface area contributed by atoms with Crippen molar-refractivity contribution >= 4 is 22.6 Å². The molecule has 2 aromatic rings. The van der Waals surface area contributed by atoms with Crippen LogP contribution >= 0.6 is 0 Å². The van der Waals surface area contributed by atoms with Gasteiger partial charge in [0, 0.05) is 11.9 Å². The standard InChI is InChI=1S/C16H20N2O2/c1-16(2,3)20-15(19)18-14-12(10-17)9-8-11-6-4-5-7-13(11)14/h4-9H,10,17H2,1-3H3,(H,18,19). The van der Waals surface area contributed by atoms with Gasteiger partial charge < -0.3 is 10.5 Å². The Labute approximate surface area is 118 Å². The van der Waals surface area contributed by atoms with Crippen LogP contribution in [-0.4, -0.2) is 11.7 Å². The Hall–Kier alpha value is -2.07. The maximum atomic E-state index is 12.0. The molecule has 0 heterocycles. The third-order valence-electron chi connectivity index (χ3n) is 2.86. The lowest BCUT2D eigenvalue weighted by Gasteiger charge is -2.21. The fourth-order valence-electron chi connectivity index (χ4n) is 2.04. The quantitative estimate of drug-likeness (QED) is 0.877. The summed E-state index contributed by atoms with van der Waals surface area (Å²) in [6, 6.07) is 11.8. The highest BCUT2D eigenvalue weighted by atomic mass is 16.6. The van der Waals surface area contributed by atoms with E-state index in [9.17, 15) is 4.79 Å². The Morgan fingerprint density at radius 2 is 1.90 bits per heavy atom. The summed E-state index contributed by atoms with van der Waals surface area (Å²) in [5, 5.41) is 4.83. The molecule has 0 saturated carbocycles. The lowest BCUT2D eigenvalue weighted by molar-refractivity contribution is 0.0636. The van der Waals surface area contributed by atoms with E-state index in [-0.39, 0.29) is 0 Å². The summed E-state index contributed by atoms with van der Waals surface area (Å²) in [5.74, 6) is 0. The van der Waals surface area contributed by atoms with Gasteiger partial charge in [-0.15, -0.1) is 0 Å². The fraction of sp³-hybridized carbons (Fsp3) is 0.312. The summed E-state index contributed by atoms with van der Waals surface area (Å²) in [4.78, 5) is 12.0. The molecule has 2 aromatic carbocycles. The average Bonchev–Trinajstić information content (AvgIpc) is 2.37. The summed E-state index contributed by atoms with van der Waals surface area (Å²) in [7, 11) is 0. The summed E-state index contributed by atoms with van der Waals surface area (Å²) in [6.07, 6.45) is -0.469. The number of fused-ring (bicyclic) bond motifs is 1. The van der Waals surface area contributed by atoms with Gasteiger partial charge in [-0.3, -0.25) is 5.32 Å². The third kappa shape index (κ3) is 3.27. The first-order valence-corrected chi connectivity index (χ1v) is 6.61. The van der Waals surface area contributed by atoms with E-state index in [1.165, 1.54) is 0 Å². The second-order valence-corrected chi connectivity index (χ2v) is 5.65. The van der Waals surface area contributed by atoms with Crippen LogP contribution in [0, 0.1) is 0 Å². The molecule has 0 bridgehead atoms. The predicted octanol–water partition coefficient (Wildman–Crippen LogP) is 3.65. The molecule has 0 saturated heterocycles. The van der Waals surface area contributed by atoms with Crippen molar-refractivity contribution in [3.63, 3.8) is 0 Å². The number of amides is 1. The van der Waals surface area contributed by atoms with Gasteiger partial charge in [0.1, 0.15) is 5.60 Å². The topological polar surface area (TPSA) is 64.3 Å². The van der Waals surface area contributed by atoms with Crippen LogP contribution < -0.4 is 11.1 Å². The molecule has 106 valence electrons. The van der Waals surface area contributed by atoms with Crippen LogP contribution in [0.25, 0.3) is 10.8 Å². The molecule has 3 N–H and O–H groups in total. The SMILES string of the molecule is CC(C)(C)OC(=O)Nc1c(CN)ccc2ccccc12. The van der Waals surface area contributed by atoms with Crippen molar-refractivity contribution in [2.75, 3.05) is 5.32 Å². The number of benzene rings is 2. The van der Waals surface area contributed by atoms with Crippen LogP contribution in [0.3, 0.4) is 0 Å². The van der Waals surface area contributed by atoms with Gasteiger partial charge in [-0.25, -0.2) is 4.79 Å². The molecule has 0 aromatic heterocycles. The fourth-order valence-corrected chi connectivity index (χ4v) is 2.04. The zero-order chi connectivity index (χ0) is 14.8. The van der Waals surface area contributed by atoms with Gasteiger partial charge in [0.15, 0.2) is 0 Å². The van der Waals surface area contributed by atoms with Crippen LogP contribution in [0.2, 0.25) is 0 Å². The molecule has 0 fully saturated rings. The van der Waals surface area contributed by atoms with E-state index < -0.39 is 11.7 Å². The van der Waals surface area contributed by atoms with Crippen LogP contribution in [0.1, 0.15) is 26.3 Å². The molecule has 4 nitrogen and oxygen atoms in total. The molecule has 2 rings (SSSR count). The molecule has 0 unspecified atom stereocenters. The van der Waals surface area contributed by atoms with Gasteiger partial charge in [-0.2, -0.15) is 0 Å². The van der Waals surface area contributed by atoms with Crippen molar-refractivity contribution in [1.29, 1.82) is 0 Å². The Morgan fingerprint density at radius 3 is 2.55 bits per heavy atom. The number of ether oxygens (including phenoxy) is 1. The first-order chi connectivity index (χ1) is 9.40. The Morgan fingerprint density at radius 1 is 1.20 bits per heavy atom. The van der Waals surface area contributed by atoms with E-state index in [0.29, 0.717) is 6.54 Å². The molecular formula is C16H20N2O2. The number of nitrogens with one attached hydrogen (secondary N) is 1. The number of hydrogen-bond acceptors (Lipinski definition) is 3. The monoisotopic (exact) mass is 272 g/mol. The minimum absolute atomic E-state index is 0.357. The molecular weight excluding hydrogens is 252 g/mol. The minimum atomic E-state index is -0.530. The lowest BCUT2D eigenvalue weighted by Crippen LogP contribution is -2.27. The summed E-state index contributed by atoms with van der Waals surface area (Å²) in [5.41, 5.74) is 6.83. The first-order valence-electron chi connectivity index (χ1n) is 6.61. The van der Waals surface area contributed by atoms with Gasteiger partial charge in [0.05, 0.1) is 5.69 Å². The molecule has 0 aliphatic rings. The van der Waals surface area contributed by atoms with E-state index in [4.69, 9.17) is 10.5 Å². The highest BCUT2D eigenvalue weighted by molar-refractivity contribution is 6.01. The van der Waals surface area contributed by atoms with Crippen LogP contribution in [0.4, 0.5) is 10.5 Å². The van der Waals surface area contributed by atoms with E-state index in [0.717, 1.165) is 22.0 Å². The molecule has 0 spiro atoms. The van der Waals surface area contributed by atoms with Crippen molar-refractivity contribution in [3.05, 3.63) is 42.0 Å². The zero-order valence-corrected chi connectivity index (χ0v) is 12.1. The molecule has 20 heavy (non-hydrogen) atoms. The molecule has 0 aliphatic heterocycles. The number of carbonyl (C=O) groups is 1. The van der Waals surface area contributed by atoms with E-state index in [1.807, 2.05) is 57.2 Å². The van der Waals surface area contributed by atoms with Gasteiger partial charge >= 0.3 is 6.09 Å². The van der Waals surface area contributed by atoms with E-state index in [1.54, 1.807) is 0 Å². The normalized spacial score (nSPS) is 11.4. The van der Waals surface area contributed by atoms with E-state index in [2.05, 4.69) is 5.32 Å². The Balaban J connectivity index is 2.39. The minimum Gasteiger partial charge on any atom is -0.444 e. The highest BCUT2D eigenvalue weighted by Gasteiger charge is 2.18. The average molecular weight is 272 g/mol. The number of rotatable bonds is 2. The van der Waals surface area contributed by atoms with Gasteiger partial charge in [0.25, 0.3) is 0 Å². The summed E-state index contributed by atoms with van der Waals surface area (Å²) >= 11 is 0. The Bertz CT molecular complexity index is 630. The van der Waals surface area contributed by atoms with E-state index >= 15 is 0 Å². The van der Waals surface area contributed by atoms with Crippen LogP contribution in [-0.2, 0) is 11.3 Å². The van der Waals surface area contributed by atoms with Crippen molar-refractivity contribution in [1.82, 2.24) is 0 Å². The van der Waals surface area contributed by atoms with Crippen molar-refractivity contribution in [2.45, 2.75) is 32.9 Å². The van der Waals surface area contributed by atoms with Crippen molar-refractivity contribution in [3.8, 4) is 0 Å². The smallest absolute Gasteiger partial charge is 0.412 e. The van der Waals surface area contributed by atoms with Crippen molar-refractivity contribution < 1.29 is 9.53 Å². The third-order valence-corrected chi connectivity index (χ3v) is 2.86. The first kappa shape index (κ1) is 14.3. The zero-order valence-electron chi connectivity index (χ0n) is 12.1. The lowest BCUT2D eigenvalue weighted by atomic mass is 10.0. The maximum Gasteiger partial charge on any atom is 0.412 e. The number of nitrogens with two attached hydrogens (primary N) is 1. The second kappa shape index (κ2) is 5.51.